The fraction of sp³-hybridized carbons (Fsp3) is 0.786. The molecule has 1 fully saturated rings. The Labute approximate surface area is 110 Å². The van der Waals surface area contributed by atoms with Gasteiger partial charge in [0.05, 0.1) is 5.69 Å². The Hall–Kier alpha value is -0.870. The van der Waals surface area contributed by atoms with Crippen molar-refractivity contribution in [2.45, 2.75) is 58.2 Å². The molecular weight excluding hydrogens is 224 g/mol. The largest absolute Gasteiger partial charge is 0.330 e. The fourth-order valence-corrected chi connectivity index (χ4v) is 2.74. The van der Waals surface area contributed by atoms with E-state index < -0.39 is 0 Å². The molecule has 0 saturated carbocycles. The van der Waals surface area contributed by atoms with Crippen molar-refractivity contribution in [2.75, 3.05) is 13.1 Å². The lowest BCUT2D eigenvalue weighted by molar-refractivity contribution is 0.229. The van der Waals surface area contributed by atoms with E-state index >= 15 is 0 Å². The highest BCUT2D eigenvalue weighted by molar-refractivity contribution is 5.00. The van der Waals surface area contributed by atoms with E-state index in [2.05, 4.69) is 36.1 Å². The lowest BCUT2D eigenvalue weighted by Gasteiger charge is -2.23. The van der Waals surface area contributed by atoms with Crippen molar-refractivity contribution in [3.05, 3.63) is 18.0 Å². The molecule has 1 aromatic heterocycles. The number of nitrogens with two attached hydrogens (primary N) is 1. The number of likely N-dealkylation sites (tertiary alicyclic amines) is 1. The Morgan fingerprint density at radius 3 is 3.00 bits per heavy atom. The van der Waals surface area contributed by atoms with Crippen LogP contribution in [0.2, 0.25) is 0 Å². The van der Waals surface area contributed by atoms with Gasteiger partial charge in [0.2, 0.25) is 0 Å². The third-order valence-corrected chi connectivity index (χ3v) is 3.80. The number of rotatable bonds is 6. The predicted molar refractivity (Wildman–Crippen MR) is 74.3 cm³/mol. The van der Waals surface area contributed by atoms with Crippen LogP contribution in [0.3, 0.4) is 0 Å². The summed E-state index contributed by atoms with van der Waals surface area (Å²) in [6.07, 6.45) is 7.11. The molecular formula is C14H26N4. The van der Waals surface area contributed by atoms with Gasteiger partial charge < -0.3 is 5.73 Å². The van der Waals surface area contributed by atoms with Crippen LogP contribution in [0.25, 0.3) is 0 Å². The second-order valence-corrected chi connectivity index (χ2v) is 5.58. The second kappa shape index (κ2) is 6.34. The van der Waals surface area contributed by atoms with E-state index in [1.54, 1.807) is 0 Å². The van der Waals surface area contributed by atoms with Gasteiger partial charge in [-0.25, -0.2) is 0 Å². The number of aromatic nitrogens is 2. The molecule has 0 bridgehead atoms. The standard InChI is InChI=1S/C14H26N4/c1-12(2)18-10-7-13(16-18)11-17-9-4-6-14(17)5-3-8-15/h7,10,12,14H,3-6,8-9,11,15H2,1-2H3. The first-order valence-electron chi connectivity index (χ1n) is 7.19. The van der Waals surface area contributed by atoms with Crippen molar-refractivity contribution in [1.82, 2.24) is 14.7 Å². The molecule has 0 aliphatic carbocycles. The van der Waals surface area contributed by atoms with Crippen molar-refractivity contribution in [2.24, 2.45) is 5.73 Å². The summed E-state index contributed by atoms with van der Waals surface area (Å²) in [4.78, 5) is 2.57. The van der Waals surface area contributed by atoms with Gasteiger partial charge in [-0.1, -0.05) is 0 Å². The summed E-state index contributed by atoms with van der Waals surface area (Å²) in [7, 11) is 0. The molecule has 2 rings (SSSR count). The van der Waals surface area contributed by atoms with Gasteiger partial charge in [0.1, 0.15) is 0 Å². The summed E-state index contributed by atoms with van der Waals surface area (Å²) in [6.45, 7) is 7.35. The molecule has 102 valence electrons. The number of nitrogens with zero attached hydrogens (tertiary/aromatic N) is 3. The Morgan fingerprint density at radius 2 is 2.33 bits per heavy atom. The van der Waals surface area contributed by atoms with Crippen LogP contribution in [-0.4, -0.2) is 33.8 Å². The zero-order valence-electron chi connectivity index (χ0n) is 11.7. The molecule has 18 heavy (non-hydrogen) atoms. The van der Waals surface area contributed by atoms with E-state index in [-0.39, 0.29) is 0 Å². The third-order valence-electron chi connectivity index (χ3n) is 3.80. The molecule has 0 aromatic carbocycles. The van der Waals surface area contributed by atoms with Crippen molar-refractivity contribution in [3.8, 4) is 0 Å². The van der Waals surface area contributed by atoms with Crippen molar-refractivity contribution in [1.29, 1.82) is 0 Å². The smallest absolute Gasteiger partial charge is 0.0764 e. The van der Waals surface area contributed by atoms with Crippen molar-refractivity contribution < 1.29 is 0 Å². The van der Waals surface area contributed by atoms with Crippen molar-refractivity contribution in [3.63, 3.8) is 0 Å². The summed E-state index contributed by atoms with van der Waals surface area (Å²) in [5.74, 6) is 0. The van der Waals surface area contributed by atoms with Crippen LogP contribution in [0.15, 0.2) is 12.3 Å². The fourth-order valence-electron chi connectivity index (χ4n) is 2.74. The Balaban J connectivity index is 1.90. The maximum absolute atomic E-state index is 5.61. The van der Waals surface area contributed by atoms with Gasteiger partial charge in [0, 0.05) is 24.8 Å². The molecule has 2 heterocycles. The van der Waals surface area contributed by atoms with E-state index in [9.17, 15) is 0 Å². The van der Waals surface area contributed by atoms with Crippen LogP contribution in [0.1, 0.15) is 51.3 Å². The SMILES string of the molecule is CC(C)n1ccc(CN2CCCC2CCCN)n1. The molecule has 4 nitrogen and oxygen atoms in total. The maximum atomic E-state index is 5.61. The van der Waals surface area contributed by atoms with Crippen LogP contribution >= 0.6 is 0 Å². The molecule has 1 atom stereocenters. The molecule has 4 heteroatoms. The third kappa shape index (κ3) is 3.33. The summed E-state index contributed by atoms with van der Waals surface area (Å²) in [5.41, 5.74) is 6.80. The van der Waals surface area contributed by atoms with Gasteiger partial charge >= 0.3 is 0 Å². The first-order valence-corrected chi connectivity index (χ1v) is 7.19. The predicted octanol–water partition coefficient (Wildman–Crippen LogP) is 2.17. The number of hydrogen-bond acceptors (Lipinski definition) is 3. The zero-order valence-corrected chi connectivity index (χ0v) is 11.7. The van der Waals surface area contributed by atoms with E-state index in [4.69, 9.17) is 5.73 Å². The van der Waals surface area contributed by atoms with E-state index in [0.29, 0.717) is 6.04 Å². The Kier molecular flexibility index (Phi) is 4.78. The molecule has 1 aromatic rings. The van der Waals surface area contributed by atoms with Crippen molar-refractivity contribution >= 4 is 0 Å². The molecule has 0 amide bonds. The topological polar surface area (TPSA) is 47.1 Å². The number of hydrogen-bond donors (Lipinski definition) is 1. The normalized spacial score (nSPS) is 21.0. The summed E-state index contributed by atoms with van der Waals surface area (Å²) < 4.78 is 2.04. The van der Waals surface area contributed by atoms with Gasteiger partial charge in [-0.15, -0.1) is 0 Å². The molecule has 1 aliphatic rings. The Morgan fingerprint density at radius 1 is 1.50 bits per heavy atom. The first kappa shape index (κ1) is 13.6. The van der Waals surface area contributed by atoms with Gasteiger partial charge in [0.15, 0.2) is 0 Å². The molecule has 0 spiro atoms. The summed E-state index contributed by atoms with van der Waals surface area (Å²) >= 11 is 0. The molecule has 1 aliphatic heterocycles. The summed E-state index contributed by atoms with van der Waals surface area (Å²) in [5, 5.41) is 4.64. The van der Waals surface area contributed by atoms with Gasteiger partial charge in [0.25, 0.3) is 0 Å². The lowest BCUT2D eigenvalue weighted by atomic mass is 10.1. The van der Waals surface area contributed by atoms with Gasteiger partial charge in [-0.2, -0.15) is 5.10 Å². The minimum absolute atomic E-state index is 0.449. The highest BCUT2D eigenvalue weighted by Crippen LogP contribution is 2.23. The highest BCUT2D eigenvalue weighted by atomic mass is 15.3. The van der Waals surface area contributed by atoms with Crippen LogP contribution < -0.4 is 5.73 Å². The second-order valence-electron chi connectivity index (χ2n) is 5.58. The van der Waals surface area contributed by atoms with E-state index in [0.717, 1.165) is 25.6 Å². The zero-order chi connectivity index (χ0) is 13.0. The average molecular weight is 250 g/mol. The van der Waals surface area contributed by atoms with Gasteiger partial charge in [-0.05, 0) is 58.7 Å². The van der Waals surface area contributed by atoms with Crippen LogP contribution in [0, 0.1) is 0 Å². The molecule has 1 unspecified atom stereocenters. The Bertz CT molecular complexity index is 358. The van der Waals surface area contributed by atoms with E-state index in [1.165, 1.54) is 31.5 Å². The lowest BCUT2D eigenvalue weighted by Crippen LogP contribution is -2.29. The minimum Gasteiger partial charge on any atom is -0.330 e. The maximum Gasteiger partial charge on any atom is 0.0764 e. The first-order chi connectivity index (χ1) is 8.70. The van der Waals surface area contributed by atoms with Gasteiger partial charge in [-0.3, -0.25) is 9.58 Å². The van der Waals surface area contributed by atoms with Crippen LogP contribution in [-0.2, 0) is 6.54 Å². The molecule has 1 saturated heterocycles. The quantitative estimate of drug-likeness (QED) is 0.841. The van der Waals surface area contributed by atoms with E-state index in [1.807, 2.05) is 4.68 Å². The minimum atomic E-state index is 0.449. The van der Waals surface area contributed by atoms with Crippen LogP contribution in [0.4, 0.5) is 0 Å². The van der Waals surface area contributed by atoms with Crippen LogP contribution in [0.5, 0.6) is 0 Å². The molecule has 2 N–H and O–H groups in total. The average Bonchev–Trinajstić information content (AvgIpc) is 2.96. The summed E-state index contributed by atoms with van der Waals surface area (Å²) in [6, 6.07) is 3.32. The molecule has 0 radical (unpaired) electrons. The monoisotopic (exact) mass is 250 g/mol. The highest BCUT2D eigenvalue weighted by Gasteiger charge is 2.24.